The number of carbonyl (C=O) groups is 1. The molecule has 3 aromatic carbocycles. The summed E-state index contributed by atoms with van der Waals surface area (Å²) in [5, 5.41) is 4.81. The third-order valence-electron chi connectivity index (χ3n) is 5.36. The lowest BCUT2D eigenvalue weighted by Crippen LogP contribution is -2.38. The predicted octanol–water partition coefficient (Wildman–Crippen LogP) is 6.21. The molecule has 31 heavy (non-hydrogen) atoms. The van der Waals surface area contributed by atoms with E-state index < -0.39 is 0 Å². The minimum absolute atomic E-state index is 0.0443. The molecule has 0 aliphatic carbocycles. The summed E-state index contributed by atoms with van der Waals surface area (Å²) in [6.07, 6.45) is 0.746. The maximum absolute atomic E-state index is 13.4. The van der Waals surface area contributed by atoms with Crippen molar-refractivity contribution in [2.24, 2.45) is 0 Å². The summed E-state index contributed by atoms with van der Waals surface area (Å²) < 4.78 is 10.6. The van der Waals surface area contributed by atoms with Gasteiger partial charge in [-0.3, -0.25) is 4.79 Å². The molecule has 1 aliphatic heterocycles. The van der Waals surface area contributed by atoms with Gasteiger partial charge in [-0.25, -0.2) is 0 Å². The standard InChI is InChI=1S/C24H22Cl2N2O3/c1-30-22-10-3-15(13-23(22)31-2)24(29)28-12-11-20(19-9-6-17(26)14-21(19)28)27-18-7-4-16(25)5-8-18/h3-10,13-14,20,27H,11-12H2,1-2H3. The predicted molar refractivity (Wildman–Crippen MR) is 125 cm³/mol. The van der Waals surface area contributed by atoms with Crippen LogP contribution in [0.1, 0.15) is 28.4 Å². The van der Waals surface area contributed by atoms with Crippen LogP contribution in [0.15, 0.2) is 60.7 Å². The van der Waals surface area contributed by atoms with E-state index in [2.05, 4.69) is 5.32 Å². The number of fused-ring (bicyclic) bond motifs is 1. The first kappa shape index (κ1) is 21.3. The van der Waals surface area contributed by atoms with Gasteiger partial charge in [0, 0.05) is 27.8 Å². The van der Waals surface area contributed by atoms with Crippen molar-refractivity contribution >= 4 is 40.5 Å². The van der Waals surface area contributed by atoms with Crippen LogP contribution in [0.2, 0.25) is 10.0 Å². The Morgan fingerprint density at radius 3 is 2.35 bits per heavy atom. The molecule has 1 N–H and O–H groups in total. The van der Waals surface area contributed by atoms with Gasteiger partial charge in [0.25, 0.3) is 5.91 Å². The lowest BCUT2D eigenvalue weighted by atomic mass is 9.95. The Hall–Kier alpha value is -2.89. The van der Waals surface area contributed by atoms with Crippen LogP contribution in [0.5, 0.6) is 11.5 Å². The van der Waals surface area contributed by atoms with Crippen LogP contribution in [0.25, 0.3) is 0 Å². The summed E-state index contributed by atoms with van der Waals surface area (Å²) in [6, 6.07) is 18.5. The van der Waals surface area contributed by atoms with E-state index >= 15 is 0 Å². The van der Waals surface area contributed by atoms with Gasteiger partial charge in [0.05, 0.1) is 25.9 Å². The quantitative estimate of drug-likeness (QED) is 0.495. The Kier molecular flexibility index (Phi) is 6.25. The van der Waals surface area contributed by atoms with Gasteiger partial charge in [0.1, 0.15) is 0 Å². The van der Waals surface area contributed by atoms with Crippen LogP contribution in [-0.4, -0.2) is 26.7 Å². The molecule has 5 nitrogen and oxygen atoms in total. The normalized spacial score (nSPS) is 15.2. The lowest BCUT2D eigenvalue weighted by Gasteiger charge is -2.35. The molecule has 0 fully saturated rings. The zero-order chi connectivity index (χ0) is 22.0. The van der Waals surface area contributed by atoms with Gasteiger partial charge in [-0.2, -0.15) is 0 Å². The summed E-state index contributed by atoms with van der Waals surface area (Å²) >= 11 is 12.3. The fraction of sp³-hybridized carbons (Fsp3) is 0.208. The van der Waals surface area contributed by atoms with Crippen molar-refractivity contribution in [1.29, 1.82) is 0 Å². The van der Waals surface area contributed by atoms with Crippen LogP contribution in [0.4, 0.5) is 11.4 Å². The summed E-state index contributed by atoms with van der Waals surface area (Å²) in [7, 11) is 3.12. The van der Waals surface area contributed by atoms with E-state index in [0.29, 0.717) is 33.7 Å². The molecule has 0 saturated heterocycles. The molecule has 160 valence electrons. The van der Waals surface area contributed by atoms with Crippen molar-refractivity contribution in [2.45, 2.75) is 12.5 Å². The minimum Gasteiger partial charge on any atom is -0.493 e. The fourth-order valence-electron chi connectivity index (χ4n) is 3.81. The van der Waals surface area contributed by atoms with Crippen molar-refractivity contribution in [3.63, 3.8) is 0 Å². The zero-order valence-electron chi connectivity index (χ0n) is 17.2. The number of amides is 1. The number of rotatable bonds is 5. The third kappa shape index (κ3) is 4.43. The first-order valence-electron chi connectivity index (χ1n) is 9.85. The molecule has 3 aromatic rings. The van der Waals surface area contributed by atoms with Crippen molar-refractivity contribution in [2.75, 3.05) is 31.0 Å². The molecule has 7 heteroatoms. The van der Waals surface area contributed by atoms with E-state index in [-0.39, 0.29) is 11.9 Å². The van der Waals surface area contributed by atoms with Crippen molar-refractivity contribution in [3.05, 3.63) is 81.8 Å². The van der Waals surface area contributed by atoms with Gasteiger partial charge in [-0.1, -0.05) is 29.3 Å². The molecule has 0 saturated carbocycles. The maximum Gasteiger partial charge on any atom is 0.258 e. The molecule has 1 amide bonds. The van der Waals surface area contributed by atoms with E-state index in [1.54, 1.807) is 37.3 Å². The summed E-state index contributed by atoms with van der Waals surface area (Å²) in [5.74, 6) is 0.974. The van der Waals surface area contributed by atoms with E-state index in [4.69, 9.17) is 32.7 Å². The Morgan fingerprint density at radius 1 is 0.935 bits per heavy atom. The van der Waals surface area contributed by atoms with Crippen LogP contribution in [0.3, 0.4) is 0 Å². The molecule has 0 aromatic heterocycles. The Bertz CT molecular complexity index is 1100. The van der Waals surface area contributed by atoms with Gasteiger partial charge in [-0.05, 0) is 66.6 Å². The van der Waals surface area contributed by atoms with Crippen LogP contribution in [0, 0.1) is 0 Å². The van der Waals surface area contributed by atoms with Crippen LogP contribution in [-0.2, 0) is 0 Å². The average Bonchev–Trinajstić information content (AvgIpc) is 2.79. The van der Waals surface area contributed by atoms with Crippen LogP contribution >= 0.6 is 23.2 Å². The van der Waals surface area contributed by atoms with E-state index in [9.17, 15) is 4.79 Å². The highest BCUT2D eigenvalue weighted by Gasteiger charge is 2.30. The number of halogens is 2. The van der Waals surface area contributed by atoms with E-state index in [1.807, 2.05) is 42.5 Å². The van der Waals surface area contributed by atoms with Crippen molar-refractivity contribution in [3.8, 4) is 11.5 Å². The number of methoxy groups -OCH3 is 2. The first-order chi connectivity index (χ1) is 15.0. The van der Waals surface area contributed by atoms with Crippen molar-refractivity contribution < 1.29 is 14.3 Å². The van der Waals surface area contributed by atoms with Gasteiger partial charge in [-0.15, -0.1) is 0 Å². The molecule has 1 heterocycles. The summed E-state index contributed by atoms with van der Waals surface area (Å²) in [4.78, 5) is 15.2. The summed E-state index contributed by atoms with van der Waals surface area (Å²) in [5.41, 5.74) is 3.30. The smallest absolute Gasteiger partial charge is 0.258 e. The largest absolute Gasteiger partial charge is 0.493 e. The molecule has 1 unspecified atom stereocenters. The molecular formula is C24H22Cl2N2O3. The molecule has 0 bridgehead atoms. The second-order valence-electron chi connectivity index (χ2n) is 7.22. The number of hydrogen-bond acceptors (Lipinski definition) is 4. The fourth-order valence-corrected chi connectivity index (χ4v) is 4.10. The van der Waals surface area contributed by atoms with E-state index in [1.165, 1.54) is 0 Å². The second kappa shape index (κ2) is 9.08. The highest BCUT2D eigenvalue weighted by Crippen LogP contribution is 2.39. The number of hydrogen-bond donors (Lipinski definition) is 1. The van der Waals surface area contributed by atoms with Gasteiger partial charge in [0.15, 0.2) is 11.5 Å². The zero-order valence-corrected chi connectivity index (χ0v) is 18.7. The molecule has 0 spiro atoms. The number of nitrogens with zero attached hydrogens (tertiary/aromatic N) is 1. The highest BCUT2D eigenvalue weighted by atomic mass is 35.5. The Morgan fingerprint density at radius 2 is 1.65 bits per heavy atom. The second-order valence-corrected chi connectivity index (χ2v) is 8.10. The number of ether oxygens (including phenoxy) is 2. The number of carbonyl (C=O) groups excluding carboxylic acids is 1. The average molecular weight is 457 g/mol. The van der Waals surface area contributed by atoms with E-state index in [0.717, 1.165) is 23.4 Å². The Balaban J connectivity index is 1.65. The van der Waals surface area contributed by atoms with Gasteiger partial charge < -0.3 is 19.7 Å². The topological polar surface area (TPSA) is 50.8 Å². The molecule has 0 radical (unpaired) electrons. The lowest BCUT2D eigenvalue weighted by molar-refractivity contribution is 0.0984. The van der Waals surface area contributed by atoms with Crippen LogP contribution < -0.4 is 19.7 Å². The summed E-state index contributed by atoms with van der Waals surface area (Å²) in [6.45, 7) is 0.547. The third-order valence-corrected chi connectivity index (χ3v) is 5.85. The first-order valence-corrected chi connectivity index (χ1v) is 10.6. The minimum atomic E-state index is -0.116. The molecule has 1 aliphatic rings. The number of anilines is 2. The SMILES string of the molecule is COc1ccc(C(=O)N2CCC(Nc3ccc(Cl)cc3)c3ccc(Cl)cc32)cc1OC. The Labute approximate surface area is 191 Å². The van der Waals surface area contributed by atoms with Gasteiger partial charge in [0.2, 0.25) is 0 Å². The molecular weight excluding hydrogens is 435 g/mol. The highest BCUT2D eigenvalue weighted by molar-refractivity contribution is 6.31. The molecule has 4 rings (SSSR count). The maximum atomic E-state index is 13.4. The number of nitrogens with one attached hydrogen (secondary N) is 1. The number of benzene rings is 3. The monoisotopic (exact) mass is 456 g/mol. The van der Waals surface area contributed by atoms with Crippen molar-refractivity contribution in [1.82, 2.24) is 0 Å². The molecule has 1 atom stereocenters. The van der Waals surface area contributed by atoms with Gasteiger partial charge >= 0.3 is 0 Å².